The average molecular weight is 297 g/mol. The Bertz CT molecular complexity index is 925. The maximum absolute atomic E-state index is 4.48. The van der Waals surface area contributed by atoms with Gasteiger partial charge in [0.15, 0.2) is 0 Å². The quantitative estimate of drug-likeness (QED) is 0.403. The fourth-order valence-corrected chi connectivity index (χ4v) is 2.84. The van der Waals surface area contributed by atoms with Gasteiger partial charge in [-0.2, -0.15) is 5.10 Å². The first kappa shape index (κ1) is 13.6. The van der Waals surface area contributed by atoms with Crippen LogP contribution < -0.4 is 0 Å². The number of nitrogens with zero attached hydrogens (tertiary/aromatic N) is 3. The molecule has 0 N–H and O–H groups in total. The third-order valence-corrected chi connectivity index (χ3v) is 3.93. The van der Waals surface area contributed by atoms with Crippen LogP contribution in [0.3, 0.4) is 0 Å². The monoisotopic (exact) mass is 297 g/mol. The number of rotatable bonds is 2. The average Bonchev–Trinajstić information content (AvgIpc) is 2.90. The van der Waals surface area contributed by atoms with E-state index in [0.717, 1.165) is 28.1 Å². The first-order valence-electron chi connectivity index (χ1n) is 7.56. The second-order valence-electron chi connectivity index (χ2n) is 5.52. The van der Waals surface area contributed by atoms with Gasteiger partial charge in [0.25, 0.3) is 0 Å². The third-order valence-electron chi connectivity index (χ3n) is 3.93. The summed E-state index contributed by atoms with van der Waals surface area (Å²) in [5.74, 6) is 0. The van der Waals surface area contributed by atoms with Gasteiger partial charge in [0.1, 0.15) is 5.71 Å². The van der Waals surface area contributed by atoms with Crippen molar-refractivity contribution in [1.29, 1.82) is 0 Å². The van der Waals surface area contributed by atoms with Gasteiger partial charge in [0, 0.05) is 23.0 Å². The molecule has 0 spiro atoms. The molecule has 0 saturated carbocycles. The predicted octanol–water partition coefficient (Wildman–Crippen LogP) is 4.24. The van der Waals surface area contributed by atoms with Crippen LogP contribution >= 0.6 is 0 Å². The Morgan fingerprint density at radius 2 is 1.57 bits per heavy atom. The number of benzene rings is 2. The fraction of sp³-hybridized carbons (Fsp3) is 0.0500. The molecule has 0 unspecified atom stereocenters. The normalized spacial score (nSPS) is 14.2. The molecule has 3 heteroatoms. The molecule has 1 heterocycles. The van der Waals surface area contributed by atoms with E-state index in [1.54, 1.807) is 6.21 Å². The second-order valence-corrected chi connectivity index (χ2v) is 5.52. The molecule has 0 amide bonds. The molecule has 3 aromatic rings. The lowest BCUT2D eigenvalue weighted by Gasteiger charge is -2.00. The number of hydrogen-bond acceptors (Lipinski definition) is 3. The highest BCUT2D eigenvalue weighted by Crippen LogP contribution is 2.36. The molecule has 1 aliphatic rings. The Hall–Kier alpha value is -3.07. The summed E-state index contributed by atoms with van der Waals surface area (Å²) in [4.78, 5) is 4.42. The van der Waals surface area contributed by atoms with Gasteiger partial charge < -0.3 is 0 Å². The third kappa shape index (κ3) is 2.46. The van der Waals surface area contributed by atoms with E-state index >= 15 is 0 Å². The Morgan fingerprint density at radius 1 is 0.826 bits per heavy atom. The van der Waals surface area contributed by atoms with Crippen LogP contribution in [0.2, 0.25) is 0 Å². The van der Waals surface area contributed by atoms with Crippen molar-refractivity contribution in [3.63, 3.8) is 0 Å². The Balaban J connectivity index is 1.80. The van der Waals surface area contributed by atoms with Crippen LogP contribution in [0.1, 0.15) is 22.4 Å². The van der Waals surface area contributed by atoms with E-state index in [9.17, 15) is 0 Å². The van der Waals surface area contributed by atoms with Gasteiger partial charge in [0.05, 0.1) is 6.21 Å². The summed E-state index contributed by atoms with van der Waals surface area (Å²) < 4.78 is 0. The molecule has 0 radical (unpaired) electrons. The smallest absolute Gasteiger partial charge is 0.103 e. The highest BCUT2D eigenvalue weighted by Gasteiger charge is 2.25. The molecule has 2 aromatic carbocycles. The lowest BCUT2D eigenvalue weighted by Crippen LogP contribution is -1.98. The van der Waals surface area contributed by atoms with Crippen molar-refractivity contribution in [2.45, 2.75) is 6.92 Å². The van der Waals surface area contributed by atoms with Gasteiger partial charge in [-0.3, -0.25) is 4.98 Å². The lowest BCUT2D eigenvalue weighted by atomic mass is 10.1. The van der Waals surface area contributed by atoms with Gasteiger partial charge in [-0.25, -0.2) is 0 Å². The van der Waals surface area contributed by atoms with E-state index < -0.39 is 0 Å². The molecule has 0 bridgehead atoms. The van der Waals surface area contributed by atoms with Crippen molar-refractivity contribution >= 4 is 11.9 Å². The highest BCUT2D eigenvalue weighted by molar-refractivity contribution is 6.24. The van der Waals surface area contributed by atoms with Gasteiger partial charge in [-0.1, -0.05) is 54.6 Å². The van der Waals surface area contributed by atoms with Crippen LogP contribution in [0.5, 0.6) is 0 Å². The van der Waals surface area contributed by atoms with Crippen molar-refractivity contribution in [1.82, 2.24) is 4.98 Å². The molecule has 0 fully saturated rings. The van der Waals surface area contributed by atoms with Crippen molar-refractivity contribution < 1.29 is 0 Å². The van der Waals surface area contributed by atoms with Gasteiger partial charge in [0.2, 0.25) is 0 Å². The largest absolute Gasteiger partial charge is 0.261 e. The van der Waals surface area contributed by atoms with Gasteiger partial charge in [-0.15, -0.1) is 5.10 Å². The standard InChI is InChI=1S/C20H15N3/c1-14-11-18-16-9-5-6-10-17(16)20(19(18)13-21-14)23-22-12-15-7-3-2-4-8-15/h2-13H,1H3/b22-12+,23-20-. The zero-order valence-electron chi connectivity index (χ0n) is 12.8. The Kier molecular flexibility index (Phi) is 3.31. The van der Waals surface area contributed by atoms with Crippen LogP contribution in [0.15, 0.2) is 77.1 Å². The zero-order chi connectivity index (χ0) is 15.6. The zero-order valence-corrected chi connectivity index (χ0v) is 12.8. The molecule has 110 valence electrons. The minimum absolute atomic E-state index is 0.885. The van der Waals surface area contributed by atoms with Crippen LogP contribution in [-0.2, 0) is 0 Å². The topological polar surface area (TPSA) is 37.6 Å². The fourth-order valence-electron chi connectivity index (χ4n) is 2.84. The number of aryl methyl sites for hydroxylation is 1. The molecule has 0 saturated heterocycles. The Labute approximate surface area is 135 Å². The molecule has 1 aliphatic carbocycles. The maximum Gasteiger partial charge on any atom is 0.103 e. The SMILES string of the molecule is Cc1cc2c(cn1)/C(=N\N=C\c1ccccc1)c1ccccc1-2. The molecule has 3 nitrogen and oxygen atoms in total. The molecular weight excluding hydrogens is 282 g/mol. The lowest BCUT2D eigenvalue weighted by molar-refractivity contribution is 1.19. The summed E-state index contributed by atoms with van der Waals surface area (Å²) in [5, 5.41) is 8.76. The number of fused-ring (bicyclic) bond motifs is 3. The van der Waals surface area contributed by atoms with E-state index in [1.165, 1.54) is 11.1 Å². The summed E-state index contributed by atoms with van der Waals surface area (Å²) in [7, 11) is 0. The second kappa shape index (κ2) is 5.61. The maximum atomic E-state index is 4.48. The van der Waals surface area contributed by atoms with Crippen molar-refractivity contribution in [2.75, 3.05) is 0 Å². The molecule has 0 aliphatic heterocycles. The molecule has 23 heavy (non-hydrogen) atoms. The number of hydrogen-bond donors (Lipinski definition) is 0. The van der Waals surface area contributed by atoms with Crippen LogP contribution in [0.4, 0.5) is 0 Å². The first-order valence-corrected chi connectivity index (χ1v) is 7.56. The predicted molar refractivity (Wildman–Crippen MR) is 94.1 cm³/mol. The van der Waals surface area contributed by atoms with Crippen molar-refractivity contribution in [2.24, 2.45) is 10.2 Å². The number of pyridine rings is 1. The summed E-state index contributed by atoms with van der Waals surface area (Å²) in [5.41, 5.74) is 7.46. The van der Waals surface area contributed by atoms with Crippen LogP contribution in [-0.4, -0.2) is 16.9 Å². The summed E-state index contributed by atoms with van der Waals surface area (Å²) in [6, 6.07) is 20.4. The minimum Gasteiger partial charge on any atom is -0.261 e. The molecule has 1 aromatic heterocycles. The van der Waals surface area contributed by atoms with E-state index in [0.29, 0.717) is 0 Å². The van der Waals surface area contributed by atoms with Crippen molar-refractivity contribution in [3.05, 3.63) is 89.2 Å². The first-order chi connectivity index (χ1) is 11.3. The Morgan fingerprint density at radius 3 is 2.39 bits per heavy atom. The summed E-state index contributed by atoms with van der Waals surface area (Å²) in [6.07, 6.45) is 3.66. The highest BCUT2D eigenvalue weighted by atomic mass is 15.2. The van der Waals surface area contributed by atoms with E-state index in [1.807, 2.05) is 49.5 Å². The molecular formula is C20H15N3. The van der Waals surface area contributed by atoms with Gasteiger partial charge >= 0.3 is 0 Å². The van der Waals surface area contributed by atoms with Gasteiger partial charge in [-0.05, 0) is 29.7 Å². The molecule has 4 rings (SSSR count). The number of aromatic nitrogens is 1. The molecule has 0 atom stereocenters. The summed E-state index contributed by atoms with van der Waals surface area (Å²) in [6.45, 7) is 2.01. The van der Waals surface area contributed by atoms with Crippen molar-refractivity contribution in [3.8, 4) is 11.1 Å². The van der Waals surface area contributed by atoms with E-state index in [4.69, 9.17) is 0 Å². The van der Waals surface area contributed by atoms with E-state index in [2.05, 4.69) is 39.5 Å². The van der Waals surface area contributed by atoms with Crippen LogP contribution in [0.25, 0.3) is 11.1 Å². The van der Waals surface area contributed by atoms with E-state index in [-0.39, 0.29) is 0 Å². The summed E-state index contributed by atoms with van der Waals surface area (Å²) >= 11 is 0. The van der Waals surface area contributed by atoms with Crippen LogP contribution in [0, 0.1) is 6.92 Å². The minimum atomic E-state index is 0.885.